The van der Waals surface area contributed by atoms with E-state index in [4.69, 9.17) is 11.6 Å². The van der Waals surface area contributed by atoms with Crippen molar-refractivity contribution in [1.82, 2.24) is 4.98 Å². The molecule has 1 heterocycles. The number of benzene rings is 2. The van der Waals surface area contributed by atoms with Crippen LogP contribution in [0, 0.1) is 30.0 Å². The van der Waals surface area contributed by atoms with Gasteiger partial charge in [0.2, 0.25) is 0 Å². The molecule has 0 aliphatic carbocycles. The molecule has 0 bridgehead atoms. The zero-order chi connectivity index (χ0) is 29.3. The molecule has 0 radical (unpaired) electrons. The Morgan fingerprint density at radius 3 is 2.41 bits per heavy atom. The number of hydrogen-bond donors (Lipinski definition) is 1. The largest absolute Gasteiger partial charge is 0.807 e. The van der Waals surface area contributed by atoms with Crippen molar-refractivity contribution >= 4 is 17.1 Å². The van der Waals surface area contributed by atoms with Crippen molar-refractivity contribution in [3.8, 4) is 17.3 Å². The Bertz CT molecular complexity index is 1460. The Kier molecular flexibility index (Phi) is 12.7. The van der Waals surface area contributed by atoms with E-state index in [9.17, 15) is 10.7 Å². The van der Waals surface area contributed by atoms with Gasteiger partial charge in [-0.2, -0.15) is 29.2 Å². The van der Waals surface area contributed by atoms with Crippen LogP contribution in [0.4, 0.5) is 11.4 Å². The summed E-state index contributed by atoms with van der Waals surface area (Å²) < 4.78 is 0. The minimum Gasteiger partial charge on any atom is -0.807 e. The van der Waals surface area contributed by atoms with Gasteiger partial charge in [-0.05, 0) is 18.0 Å². The average molecular weight is 724 g/mol. The van der Waals surface area contributed by atoms with Crippen LogP contribution in [0.1, 0.15) is 101 Å². The molecular weight excluding hydrogens is 685 g/mol. The molecule has 0 amide bonds. The van der Waals surface area contributed by atoms with Crippen LogP contribution in [0.25, 0.3) is 21.5 Å². The van der Waals surface area contributed by atoms with Crippen molar-refractivity contribution in [3.05, 3.63) is 106 Å². The van der Waals surface area contributed by atoms with Crippen LogP contribution in [-0.4, -0.2) is 10.7 Å². The van der Waals surface area contributed by atoms with E-state index in [0.717, 1.165) is 42.4 Å². The molecule has 0 aliphatic rings. The molecule has 0 saturated heterocycles. The topological polar surface area (TPSA) is 75.4 Å². The molecule has 0 spiro atoms. The van der Waals surface area contributed by atoms with Crippen molar-refractivity contribution in [3.63, 3.8) is 0 Å². The number of allylic oxidation sites excluding steroid dienone is 1. The molecule has 1 N–H and O–H groups in total. The number of nitrogens with zero attached hydrogens (tertiary/aromatic N) is 4. The van der Waals surface area contributed by atoms with E-state index < -0.39 is 5.41 Å². The van der Waals surface area contributed by atoms with Crippen LogP contribution in [0.5, 0.6) is 0 Å². The van der Waals surface area contributed by atoms with Crippen LogP contribution in [0.15, 0.2) is 54.7 Å². The van der Waals surface area contributed by atoms with Crippen LogP contribution in [0.2, 0.25) is 0 Å². The smallest absolute Gasteiger partial charge is 0.112 e. The average Bonchev–Trinajstić information content (AvgIpc) is 2.96. The quantitative estimate of drug-likeness (QED) is 0.150. The maximum Gasteiger partial charge on any atom is 0.112 e. The number of anilines is 1. The monoisotopic (exact) mass is 723 g/mol. The molecule has 2 unspecified atom stereocenters. The molecule has 41 heavy (non-hydrogen) atoms. The van der Waals surface area contributed by atoms with E-state index in [1.165, 1.54) is 0 Å². The summed E-state index contributed by atoms with van der Waals surface area (Å²) in [6.45, 7) is 20.1. The molecule has 3 aromatic rings. The SMILES string of the molecule is [C-]#[N+]c1cc(-c2cccc(C(C)(C)C(=[N-])/C=C\Nc3[c-]cc(C(C)CCC)c(C#N)c3)n2)[c-]cc1C(C)CCC.[Pt]. The van der Waals surface area contributed by atoms with Gasteiger partial charge in [0.05, 0.1) is 12.6 Å². The fourth-order valence-corrected chi connectivity index (χ4v) is 4.88. The maximum atomic E-state index is 11.0. The van der Waals surface area contributed by atoms with Crippen molar-refractivity contribution in [2.75, 3.05) is 5.32 Å². The zero-order valence-corrected chi connectivity index (χ0v) is 27.1. The van der Waals surface area contributed by atoms with Crippen LogP contribution < -0.4 is 5.32 Å². The first kappa shape index (κ1) is 33.7. The summed E-state index contributed by atoms with van der Waals surface area (Å²) in [6.07, 6.45) is 7.42. The van der Waals surface area contributed by atoms with Crippen molar-refractivity contribution in [1.29, 1.82) is 5.26 Å². The van der Waals surface area contributed by atoms with E-state index in [0.29, 0.717) is 40.2 Å². The minimum atomic E-state index is -0.770. The number of nitrogens with one attached hydrogen (secondary N) is 1. The molecule has 1 aromatic heterocycles. The Morgan fingerprint density at radius 2 is 1.78 bits per heavy atom. The second kappa shape index (κ2) is 15.5. The van der Waals surface area contributed by atoms with Gasteiger partial charge < -0.3 is 15.7 Å². The fourth-order valence-electron chi connectivity index (χ4n) is 4.88. The van der Waals surface area contributed by atoms with Crippen molar-refractivity contribution in [2.45, 2.75) is 84.5 Å². The molecule has 0 saturated carbocycles. The van der Waals surface area contributed by atoms with Gasteiger partial charge in [-0.25, -0.2) is 0 Å². The predicted molar refractivity (Wildman–Crippen MR) is 166 cm³/mol. The predicted octanol–water partition coefficient (Wildman–Crippen LogP) is 9.49. The van der Waals surface area contributed by atoms with Crippen LogP contribution in [0.3, 0.4) is 0 Å². The molecule has 216 valence electrons. The van der Waals surface area contributed by atoms with Gasteiger partial charge in [-0.1, -0.05) is 109 Å². The van der Waals surface area contributed by atoms with E-state index in [-0.39, 0.29) is 26.8 Å². The number of aromatic nitrogens is 1. The summed E-state index contributed by atoms with van der Waals surface area (Å²) in [7, 11) is 0. The summed E-state index contributed by atoms with van der Waals surface area (Å²) in [5.74, 6) is 0.603. The van der Waals surface area contributed by atoms with Gasteiger partial charge in [0, 0.05) is 32.2 Å². The zero-order valence-electron chi connectivity index (χ0n) is 24.8. The van der Waals surface area contributed by atoms with Gasteiger partial charge in [0.25, 0.3) is 0 Å². The van der Waals surface area contributed by atoms with E-state index >= 15 is 0 Å². The Morgan fingerprint density at radius 1 is 1.12 bits per heavy atom. The van der Waals surface area contributed by atoms with Crippen molar-refractivity contribution < 1.29 is 21.1 Å². The summed E-state index contributed by atoms with van der Waals surface area (Å²) in [6, 6.07) is 22.0. The first-order chi connectivity index (χ1) is 19.2. The molecule has 2 atom stereocenters. The van der Waals surface area contributed by atoms with E-state index in [1.807, 2.05) is 50.2 Å². The third kappa shape index (κ3) is 8.25. The normalized spacial score (nSPS) is 12.6. The first-order valence-corrected chi connectivity index (χ1v) is 14.0. The second-order valence-corrected chi connectivity index (χ2v) is 10.9. The molecule has 0 aliphatic heterocycles. The van der Waals surface area contributed by atoms with Gasteiger partial charge in [-0.15, -0.1) is 34.9 Å². The molecule has 5 nitrogen and oxygen atoms in total. The fraction of sp³-hybridized carbons (Fsp3) is 0.371. The first-order valence-electron chi connectivity index (χ1n) is 14.0. The van der Waals surface area contributed by atoms with Gasteiger partial charge in [-0.3, -0.25) is 4.85 Å². The number of rotatable bonds is 12. The van der Waals surface area contributed by atoms with Crippen LogP contribution >= 0.6 is 0 Å². The summed E-state index contributed by atoms with van der Waals surface area (Å²) in [5, 5.41) is 23.8. The van der Waals surface area contributed by atoms with Gasteiger partial charge in [0.15, 0.2) is 0 Å². The molecule has 6 heteroatoms. The van der Waals surface area contributed by atoms with Crippen LogP contribution in [-0.2, 0) is 26.5 Å². The third-order valence-electron chi connectivity index (χ3n) is 7.47. The second-order valence-electron chi connectivity index (χ2n) is 10.9. The van der Waals surface area contributed by atoms with E-state index in [2.05, 4.69) is 56.1 Å². The maximum absolute atomic E-state index is 11.0. The Hall–Kier alpha value is -3.53. The Labute approximate surface area is 260 Å². The summed E-state index contributed by atoms with van der Waals surface area (Å²) in [5.41, 5.74) is 5.47. The molecule has 2 aromatic carbocycles. The molecule has 0 fully saturated rings. The molecule has 3 rings (SSSR count). The standard InChI is InChI=1S/C35H38N5.Pt/c1-8-11-24(3)29-18-16-28(21-27(29)23-36)39-20-19-33(37)35(5,6)34-14-10-13-31(40-34)26-15-17-30(25(4)12-9-2)32(22-26)38-7;/h10,13-14,17-22,24-25,39H,8-9,11-12H2,1-6H3;/q-3;/b20-19-;. The molecular formula is C35H38N5Pt-3. The van der Waals surface area contributed by atoms with E-state index in [1.54, 1.807) is 18.3 Å². The van der Waals surface area contributed by atoms with Gasteiger partial charge in [0.1, 0.15) is 5.69 Å². The Balaban J connectivity index is 0.00000588. The summed E-state index contributed by atoms with van der Waals surface area (Å²) in [4.78, 5) is 8.61. The number of nitriles is 1. The van der Waals surface area contributed by atoms with Gasteiger partial charge >= 0.3 is 0 Å². The third-order valence-corrected chi connectivity index (χ3v) is 7.47. The minimum absolute atomic E-state index is 0. The van der Waals surface area contributed by atoms with Crippen molar-refractivity contribution in [2.24, 2.45) is 0 Å². The number of pyridine rings is 1. The summed E-state index contributed by atoms with van der Waals surface area (Å²) >= 11 is 0. The number of hydrogen-bond acceptors (Lipinski definition) is 3.